The van der Waals surface area contributed by atoms with Crippen molar-refractivity contribution in [2.24, 2.45) is 0 Å². The molecule has 0 N–H and O–H groups in total. The molecule has 4 rings (SSSR count). The van der Waals surface area contributed by atoms with E-state index in [1.807, 2.05) is 36.4 Å². The number of aromatic nitrogens is 5. The summed E-state index contributed by atoms with van der Waals surface area (Å²) in [6.45, 7) is 4.19. The second-order valence-corrected chi connectivity index (χ2v) is 6.73. The van der Waals surface area contributed by atoms with Crippen LogP contribution in [0.1, 0.15) is 41.7 Å². The molecule has 1 aliphatic rings. The molecule has 7 heteroatoms. The highest BCUT2D eigenvalue weighted by Crippen LogP contribution is 2.32. The van der Waals surface area contributed by atoms with E-state index in [-0.39, 0.29) is 11.8 Å². The molecular formula is C20H22N6O. The Bertz CT molecular complexity index is 923. The first-order valence-corrected chi connectivity index (χ1v) is 9.28. The molecule has 1 amide bonds. The van der Waals surface area contributed by atoms with Gasteiger partial charge in [0, 0.05) is 55.9 Å². The maximum Gasteiger partial charge on any atom is 0.257 e. The van der Waals surface area contributed by atoms with E-state index in [4.69, 9.17) is 0 Å². The summed E-state index contributed by atoms with van der Waals surface area (Å²) in [6, 6.07) is 3.93. The Morgan fingerprint density at radius 1 is 1.22 bits per heavy atom. The fraction of sp³-hybridized carbons (Fsp3) is 0.350. The number of carbonyl (C=O) groups is 1. The summed E-state index contributed by atoms with van der Waals surface area (Å²) in [4.78, 5) is 27.7. The number of hydrogen-bond donors (Lipinski definition) is 0. The van der Waals surface area contributed by atoms with Gasteiger partial charge in [0.1, 0.15) is 6.33 Å². The van der Waals surface area contributed by atoms with E-state index >= 15 is 0 Å². The summed E-state index contributed by atoms with van der Waals surface area (Å²) < 4.78 is 1.78. The highest BCUT2D eigenvalue weighted by Gasteiger charge is 2.28. The van der Waals surface area contributed by atoms with E-state index in [0.29, 0.717) is 12.1 Å². The molecule has 1 fully saturated rings. The van der Waals surface area contributed by atoms with Gasteiger partial charge >= 0.3 is 0 Å². The molecule has 1 saturated heterocycles. The van der Waals surface area contributed by atoms with Gasteiger partial charge in [-0.25, -0.2) is 9.97 Å². The minimum atomic E-state index is 0.0407. The van der Waals surface area contributed by atoms with E-state index in [9.17, 15) is 4.79 Å². The Labute approximate surface area is 158 Å². The Balaban J connectivity index is 1.58. The third kappa shape index (κ3) is 3.58. The van der Waals surface area contributed by atoms with Crippen molar-refractivity contribution in [2.45, 2.75) is 32.2 Å². The molecule has 0 bridgehead atoms. The largest absolute Gasteiger partial charge is 0.338 e. The normalized spacial score (nSPS) is 17.1. The third-order valence-corrected chi connectivity index (χ3v) is 5.03. The van der Waals surface area contributed by atoms with Gasteiger partial charge in [0.25, 0.3) is 5.91 Å². The second-order valence-electron chi connectivity index (χ2n) is 6.73. The summed E-state index contributed by atoms with van der Waals surface area (Å²) in [5.41, 5.74) is 3.71. The highest BCUT2D eigenvalue weighted by molar-refractivity contribution is 5.93. The van der Waals surface area contributed by atoms with Crippen molar-refractivity contribution >= 4 is 5.91 Å². The quantitative estimate of drug-likeness (QED) is 0.713. The lowest BCUT2D eigenvalue weighted by atomic mass is 9.90. The minimum absolute atomic E-state index is 0.0407. The average molecular weight is 362 g/mol. The van der Waals surface area contributed by atoms with Crippen LogP contribution in [0, 0.1) is 0 Å². The summed E-state index contributed by atoms with van der Waals surface area (Å²) in [7, 11) is 0. The summed E-state index contributed by atoms with van der Waals surface area (Å²) >= 11 is 0. The zero-order chi connectivity index (χ0) is 18.6. The van der Waals surface area contributed by atoms with Gasteiger partial charge in [0.05, 0.1) is 17.5 Å². The zero-order valence-electron chi connectivity index (χ0n) is 15.3. The van der Waals surface area contributed by atoms with Crippen molar-refractivity contribution in [3.63, 3.8) is 0 Å². The van der Waals surface area contributed by atoms with Crippen molar-refractivity contribution in [1.29, 1.82) is 0 Å². The minimum Gasteiger partial charge on any atom is -0.338 e. The van der Waals surface area contributed by atoms with Crippen molar-refractivity contribution in [1.82, 2.24) is 29.6 Å². The first kappa shape index (κ1) is 17.3. The maximum absolute atomic E-state index is 12.9. The molecule has 27 heavy (non-hydrogen) atoms. The Morgan fingerprint density at radius 3 is 2.85 bits per heavy atom. The number of pyridine rings is 1. The molecule has 7 nitrogen and oxygen atoms in total. The van der Waals surface area contributed by atoms with Gasteiger partial charge in [-0.3, -0.25) is 14.5 Å². The van der Waals surface area contributed by atoms with Crippen molar-refractivity contribution in [2.75, 3.05) is 13.1 Å². The number of hydrogen-bond acceptors (Lipinski definition) is 5. The van der Waals surface area contributed by atoms with Gasteiger partial charge < -0.3 is 4.90 Å². The number of likely N-dealkylation sites (tertiary alicyclic amines) is 1. The summed E-state index contributed by atoms with van der Waals surface area (Å²) in [5.74, 6) is 0.231. The monoisotopic (exact) mass is 362 g/mol. The van der Waals surface area contributed by atoms with Crippen LogP contribution in [0.2, 0.25) is 0 Å². The van der Waals surface area contributed by atoms with Crippen LogP contribution in [-0.2, 0) is 6.54 Å². The number of amides is 1. The Hall–Kier alpha value is -3.09. The molecule has 4 heterocycles. The fourth-order valence-corrected chi connectivity index (χ4v) is 3.63. The molecule has 1 atom stereocenters. The van der Waals surface area contributed by atoms with Crippen LogP contribution in [0.25, 0.3) is 11.1 Å². The summed E-state index contributed by atoms with van der Waals surface area (Å²) in [6.07, 6.45) is 12.4. The number of nitrogens with zero attached hydrogens (tertiary/aromatic N) is 6. The molecule has 1 aliphatic heterocycles. The molecule has 138 valence electrons. The number of piperidine rings is 1. The van der Waals surface area contributed by atoms with Crippen LogP contribution in [0.3, 0.4) is 0 Å². The predicted molar refractivity (Wildman–Crippen MR) is 101 cm³/mol. The highest BCUT2D eigenvalue weighted by atomic mass is 16.2. The van der Waals surface area contributed by atoms with Gasteiger partial charge in [-0.15, -0.1) is 0 Å². The molecule has 3 aromatic rings. The first-order valence-electron chi connectivity index (χ1n) is 9.28. The van der Waals surface area contributed by atoms with Crippen LogP contribution in [0.15, 0.2) is 49.4 Å². The van der Waals surface area contributed by atoms with E-state index < -0.39 is 0 Å². The lowest BCUT2D eigenvalue weighted by Crippen LogP contribution is -2.39. The molecular weight excluding hydrogens is 340 g/mol. The summed E-state index contributed by atoms with van der Waals surface area (Å²) in [5, 5.41) is 4.22. The molecule has 3 aromatic heterocycles. The van der Waals surface area contributed by atoms with Gasteiger partial charge in [-0.1, -0.05) is 0 Å². The van der Waals surface area contributed by atoms with E-state index in [2.05, 4.69) is 20.1 Å². The molecule has 0 spiro atoms. The lowest BCUT2D eigenvalue weighted by molar-refractivity contribution is 0.0706. The maximum atomic E-state index is 12.9. The third-order valence-electron chi connectivity index (χ3n) is 5.03. The van der Waals surface area contributed by atoms with Gasteiger partial charge in [0.2, 0.25) is 0 Å². The van der Waals surface area contributed by atoms with Gasteiger partial charge in [-0.05, 0) is 37.5 Å². The molecule has 0 aliphatic carbocycles. The van der Waals surface area contributed by atoms with Gasteiger partial charge in [-0.2, -0.15) is 5.10 Å². The molecule has 0 saturated carbocycles. The van der Waals surface area contributed by atoms with E-state index in [1.54, 1.807) is 29.6 Å². The average Bonchev–Trinajstić information content (AvgIpc) is 3.23. The smallest absolute Gasteiger partial charge is 0.257 e. The topological polar surface area (TPSA) is 76.8 Å². The first-order chi connectivity index (χ1) is 13.3. The van der Waals surface area contributed by atoms with E-state index in [1.165, 1.54) is 0 Å². The Morgan fingerprint density at radius 2 is 2.07 bits per heavy atom. The van der Waals surface area contributed by atoms with Crippen LogP contribution in [-0.4, -0.2) is 48.6 Å². The number of rotatable bonds is 4. The molecule has 0 unspecified atom stereocenters. The van der Waals surface area contributed by atoms with Crippen LogP contribution in [0.5, 0.6) is 0 Å². The van der Waals surface area contributed by atoms with Crippen LogP contribution >= 0.6 is 0 Å². The lowest BCUT2D eigenvalue weighted by Gasteiger charge is -2.33. The van der Waals surface area contributed by atoms with Crippen molar-refractivity contribution in [3.05, 3.63) is 60.7 Å². The van der Waals surface area contributed by atoms with Crippen molar-refractivity contribution in [3.8, 4) is 11.1 Å². The Kier molecular flexibility index (Phi) is 4.91. The standard InChI is InChI=1S/C20H22N6O/c1-2-26-13-17(10-24-26)20(27)25-9-3-4-16(12-25)19-18(11-22-14-23-19)15-5-7-21-8-6-15/h5-8,10-11,13-14,16H,2-4,9,12H2,1H3/t16-/m1/s1. The fourth-order valence-electron chi connectivity index (χ4n) is 3.63. The van der Waals surface area contributed by atoms with Crippen molar-refractivity contribution < 1.29 is 4.79 Å². The second kappa shape index (κ2) is 7.65. The number of aryl methyl sites for hydroxylation is 1. The van der Waals surface area contributed by atoms with Crippen LogP contribution in [0.4, 0.5) is 0 Å². The van der Waals surface area contributed by atoms with Crippen LogP contribution < -0.4 is 0 Å². The molecule has 0 aromatic carbocycles. The van der Waals surface area contributed by atoms with E-state index in [0.717, 1.165) is 42.8 Å². The SMILES string of the molecule is CCn1cc(C(=O)N2CCC[C@@H](c3ncncc3-c3ccncc3)C2)cn1. The zero-order valence-corrected chi connectivity index (χ0v) is 15.3. The predicted octanol–water partition coefficient (Wildman–Crippen LogP) is 2.77. The number of carbonyl (C=O) groups excluding carboxylic acids is 1. The van der Waals surface area contributed by atoms with Gasteiger partial charge in [0.15, 0.2) is 0 Å². The molecule has 0 radical (unpaired) electrons.